The Morgan fingerprint density at radius 3 is 2.71 bits per heavy atom. The van der Waals surface area contributed by atoms with Gasteiger partial charge in [-0.25, -0.2) is 18.5 Å². The third-order valence-corrected chi connectivity index (χ3v) is 5.89. The molecule has 0 atom stereocenters. The van der Waals surface area contributed by atoms with Crippen molar-refractivity contribution in [3.8, 4) is 0 Å². The topological polar surface area (TPSA) is 102 Å². The molecule has 24 heavy (non-hydrogen) atoms. The standard InChI is InChI=1S/C15H12BrN3O3S2/c1-8-3-2-4-12-13(8)18-15(23-12)19-14(20)10-7-9(24(17,21)22)5-6-11(10)16/h2-7H,1H3,(H2,17,21,22)(H,18,19,20). The summed E-state index contributed by atoms with van der Waals surface area (Å²) in [6.07, 6.45) is 0. The van der Waals surface area contributed by atoms with E-state index in [0.29, 0.717) is 9.60 Å². The third-order valence-electron chi connectivity index (χ3n) is 3.35. The summed E-state index contributed by atoms with van der Waals surface area (Å²) in [5.41, 5.74) is 2.01. The van der Waals surface area contributed by atoms with E-state index in [1.165, 1.54) is 29.5 Å². The van der Waals surface area contributed by atoms with Crippen molar-refractivity contribution in [3.63, 3.8) is 0 Å². The van der Waals surface area contributed by atoms with Crippen molar-refractivity contribution in [1.82, 2.24) is 4.98 Å². The highest BCUT2D eigenvalue weighted by molar-refractivity contribution is 9.10. The van der Waals surface area contributed by atoms with E-state index in [0.717, 1.165) is 15.8 Å². The zero-order valence-corrected chi connectivity index (χ0v) is 15.6. The maximum atomic E-state index is 12.5. The number of nitrogens with zero attached hydrogens (tertiary/aromatic N) is 1. The number of aromatic nitrogens is 1. The molecule has 3 rings (SSSR count). The average molecular weight is 426 g/mol. The minimum Gasteiger partial charge on any atom is -0.298 e. The zero-order chi connectivity index (χ0) is 17.5. The Labute approximate surface area is 150 Å². The zero-order valence-electron chi connectivity index (χ0n) is 12.4. The molecule has 3 N–H and O–H groups in total. The third kappa shape index (κ3) is 3.34. The molecule has 2 aromatic carbocycles. The molecule has 124 valence electrons. The number of nitrogens with one attached hydrogen (secondary N) is 1. The van der Waals surface area contributed by atoms with Gasteiger partial charge in [-0.05, 0) is 52.7 Å². The lowest BCUT2D eigenvalue weighted by atomic mass is 10.2. The van der Waals surface area contributed by atoms with Crippen LogP contribution in [0.4, 0.5) is 5.13 Å². The molecule has 6 nitrogen and oxygen atoms in total. The number of aryl methyl sites for hydroxylation is 1. The molecule has 0 aliphatic rings. The number of primary sulfonamides is 1. The van der Waals surface area contributed by atoms with Crippen molar-refractivity contribution >= 4 is 58.5 Å². The first-order valence-electron chi connectivity index (χ1n) is 6.75. The molecule has 1 amide bonds. The molecule has 3 aromatic rings. The number of sulfonamides is 1. The van der Waals surface area contributed by atoms with Gasteiger partial charge in [0.05, 0.1) is 20.7 Å². The van der Waals surface area contributed by atoms with Crippen molar-refractivity contribution < 1.29 is 13.2 Å². The van der Waals surface area contributed by atoms with Gasteiger partial charge in [-0.15, -0.1) is 0 Å². The molecule has 0 radical (unpaired) electrons. The van der Waals surface area contributed by atoms with Crippen molar-refractivity contribution in [1.29, 1.82) is 0 Å². The Hall–Kier alpha value is -1.81. The SMILES string of the molecule is Cc1cccc2sc(NC(=O)c3cc(S(N)(=O)=O)ccc3Br)nc12. The van der Waals surface area contributed by atoms with Crippen LogP contribution in [0.25, 0.3) is 10.2 Å². The van der Waals surface area contributed by atoms with Gasteiger partial charge in [0.2, 0.25) is 10.0 Å². The highest BCUT2D eigenvalue weighted by Gasteiger charge is 2.17. The molecule has 0 saturated carbocycles. The first-order chi connectivity index (χ1) is 11.3. The van der Waals surface area contributed by atoms with E-state index in [-0.39, 0.29) is 10.5 Å². The summed E-state index contributed by atoms with van der Waals surface area (Å²) >= 11 is 4.59. The van der Waals surface area contributed by atoms with E-state index in [9.17, 15) is 13.2 Å². The number of halogens is 1. The smallest absolute Gasteiger partial charge is 0.258 e. The number of nitrogens with two attached hydrogens (primary N) is 1. The first kappa shape index (κ1) is 17.0. The molecule has 1 aromatic heterocycles. The number of thiazole rings is 1. The number of fused-ring (bicyclic) bond motifs is 1. The predicted octanol–water partition coefficient (Wildman–Crippen LogP) is 3.27. The van der Waals surface area contributed by atoms with Crippen LogP contribution in [0.2, 0.25) is 0 Å². The van der Waals surface area contributed by atoms with E-state index >= 15 is 0 Å². The van der Waals surface area contributed by atoms with Crippen LogP contribution in [-0.4, -0.2) is 19.3 Å². The fourth-order valence-electron chi connectivity index (χ4n) is 2.16. The highest BCUT2D eigenvalue weighted by Crippen LogP contribution is 2.29. The molecule has 0 fully saturated rings. The van der Waals surface area contributed by atoms with Crippen molar-refractivity contribution in [2.24, 2.45) is 5.14 Å². The highest BCUT2D eigenvalue weighted by atomic mass is 79.9. The lowest BCUT2D eigenvalue weighted by molar-refractivity contribution is 0.102. The normalized spacial score (nSPS) is 11.6. The van der Waals surface area contributed by atoms with E-state index in [1.807, 2.05) is 25.1 Å². The molecule has 0 bridgehead atoms. The van der Waals surface area contributed by atoms with Gasteiger partial charge in [-0.3, -0.25) is 10.1 Å². The molecular weight excluding hydrogens is 414 g/mol. The minimum absolute atomic E-state index is 0.129. The van der Waals surface area contributed by atoms with E-state index in [2.05, 4.69) is 26.2 Å². The summed E-state index contributed by atoms with van der Waals surface area (Å²) in [5.74, 6) is -0.468. The van der Waals surface area contributed by atoms with Gasteiger partial charge in [0.15, 0.2) is 5.13 Å². The summed E-state index contributed by atoms with van der Waals surface area (Å²) in [7, 11) is -3.89. The van der Waals surface area contributed by atoms with Gasteiger partial charge in [0, 0.05) is 4.47 Å². The predicted molar refractivity (Wildman–Crippen MR) is 97.8 cm³/mol. The Morgan fingerprint density at radius 2 is 2.04 bits per heavy atom. The van der Waals surface area contributed by atoms with Gasteiger partial charge in [-0.1, -0.05) is 23.5 Å². The van der Waals surface area contributed by atoms with E-state index < -0.39 is 15.9 Å². The molecular formula is C15H12BrN3O3S2. The number of anilines is 1. The summed E-state index contributed by atoms with van der Waals surface area (Å²) in [6, 6.07) is 9.82. The number of amides is 1. The number of para-hydroxylation sites is 1. The van der Waals surface area contributed by atoms with E-state index in [1.54, 1.807) is 0 Å². The fourth-order valence-corrected chi connectivity index (χ4v) is 4.06. The molecule has 0 spiro atoms. The van der Waals surface area contributed by atoms with Gasteiger partial charge in [0.25, 0.3) is 5.91 Å². The summed E-state index contributed by atoms with van der Waals surface area (Å²) in [6.45, 7) is 1.94. The molecule has 1 heterocycles. The van der Waals surface area contributed by atoms with Crippen LogP contribution >= 0.6 is 27.3 Å². The molecule has 0 unspecified atom stereocenters. The van der Waals surface area contributed by atoms with Crippen LogP contribution in [0.15, 0.2) is 45.8 Å². The summed E-state index contributed by atoms with van der Waals surface area (Å²) in [5, 5.41) is 8.25. The minimum atomic E-state index is -3.89. The van der Waals surface area contributed by atoms with Crippen LogP contribution in [0, 0.1) is 6.92 Å². The Morgan fingerprint density at radius 1 is 1.29 bits per heavy atom. The van der Waals surface area contributed by atoms with Crippen LogP contribution in [0.1, 0.15) is 15.9 Å². The number of rotatable bonds is 3. The maximum absolute atomic E-state index is 12.5. The van der Waals surface area contributed by atoms with Crippen LogP contribution in [0.3, 0.4) is 0 Å². The number of carbonyl (C=O) groups excluding carboxylic acids is 1. The van der Waals surface area contributed by atoms with Gasteiger partial charge < -0.3 is 0 Å². The summed E-state index contributed by atoms with van der Waals surface area (Å²) < 4.78 is 24.3. The fraction of sp³-hybridized carbons (Fsp3) is 0.0667. The second kappa shape index (κ2) is 6.25. The molecule has 0 aliphatic carbocycles. The average Bonchev–Trinajstić information content (AvgIpc) is 2.90. The molecule has 0 aliphatic heterocycles. The largest absolute Gasteiger partial charge is 0.298 e. The van der Waals surface area contributed by atoms with Gasteiger partial charge in [-0.2, -0.15) is 0 Å². The quantitative estimate of drug-likeness (QED) is 0.671. The lowest BCUT2D eigenvalue weighted by Gasteiger charge is -2.06. The number of carbonyl (C=O) groups is 1. The Bertz CT molecular complexity index is 1060. The van der Waals surface area contributed by atoms with Crippen molar-refractivity contribution in [2.45, 2.75) is 11.8 Å². The van der Waals surface area contributed by atoms with Crippen LogP contribution in [-0.2, 0) is 10.0 Å². The number of benzene rings is 2. The van der Waals surface area contributed by atoms with Crippen LogP contribution < -0.4 is 10.5 Å². The molecule has 9 heteroatoms. The number of hydrogen-bond donors (Lipinski definition) is 2. The second-order valence-corrected chi connectivity index (χ2v) is 8.53. The monoisotopic (exact) mass is 425 g/mol. The number of hydrogen-bond acceptors (Lipinski definition) is 5. The lowest BCUT2D eigenvalue weighted by Crippen LogP contribution is -2.16. The van der Waals surface area contributed by atoms with Crippen molar-refractivity contribution in [2.75, 3.05) is 5.32 Å². The Balaban J connectivity index is 1.95. The van der Waals surface area contributed by atoms with Gasteiger partial charge in [0.1, 0.15) is 0 Å². The van der Waals surface area contributed by atoms with Crippen molar-refractivity contribution in [3.05, 3.63) is 52.0 Å². The second-order valence-electron chi connectivity index (χ2n) is 5.08. The first-order valence-corrected chi connectivity index (χ1v) is 9.91. The Kier molecular flexibility index (Phi) is 4.43. The van der Waals surface area contributed by atoms with Gasteiger partial charge >= 0.3 is 0 Å². The van der Waals surface area contributed by atoms with E-state index in [4.69, 9.17) is 5.14 Å². The molecule has 0 saturated heterocycles. The maximum Gasteiger partial charge on any atom is 0.258 e. The van der Waals surface area contributed by atoms with Crippen LogP contribution in [0.5, 0.6) is 0 Å². The summed E-state index contributed by atoms with van der Waals surface area (Å²) in [4.78, 5) is 16.7.